The Balaban J connectivity index is 1.61. The number of para-hydroxylation sites is 2. The molecule has 4 aromatic rings. The summed E-state index contributed by atoms with van der Waals surface area (Å²) >= 11 is 0. The maximum absolute atomic E-state index is 14.4. The standard InChI is InChI=1S/C26H23F4N3O2/c1-35-23-12-6-11-22-24(23)32(15-17-7-2-3-8-19(17)26(28,29)30)25(34)33(22)18-13-14-31(16-18)21-10-5-4-9-20(21)27/h2-12,18H,13-16H2,1H3/t18-/m1/s1. The number of hydrogen-bond acceptors (Lipinski definition) is 3. The van der Waals surface area contributed by atoms with Crippen molar-refractivity contribution in [2.75, 3.05) is 25.1 Å². The van der Waals surface area contributed by atoms with Gasteiger partial charge >= 0.3 is 11.9 Å². The molecule has 0 N–H and O–H groups in total. The molecule has 1 aliphatic rings. The van der Waals surface area contributed by atoms with Gasteiger partial charge in [0, 0.05) is 13.1 Å². The second kappa shape index (κ2) is 8.79. The minimum absolute atomic E-state index is 0.00791. The first-order chi connectivity index (χ1) is 16.8. The Hall–Kier alpha value is -3.75. The van der Waals surface area contributed by atoms with Gasteiger partial charge in [0.25, 0.3) is 0 Å². The highest BCUT2D eigenvalue weighted by molar-refractivity contribution is 5.83. The fourth-order valence-electron chi connectivity index (χ4n) is 4.95. The maximum Gasteiger partial charge on any atom is 0.416 e. The fourth-order valence-corrected chi connectivity index (χ4v) is 4.95. The Labute approximate surface area is 198 Å². The van der Waals surface area contributed by atoms with Gasteiger partial charge in [-0.3, -0.25) is 9.13 Å². The molecule has 0 spiro atoms. The van der Waals surface area contributed by atoms with E-state index in [-0.39, 0.29) is 24.0 Å². The monoisotopic (exact) mass is 485 g/mol. The normalized spacial score (nSPS) is 16.3. The molecule has 1 aliphatic heterocycles. The van der Waals surface area contributed by atoms with E-state index in [1.807, 2.05) is 4.90 Å². The summed E-state index contributed by atoms with van der Waals surface area (Å²) < 4.78 is 63.7. The van der Waals surface area contributed by atoms with Gasteiger partial charge in [0.2, 0.25) is 0 Å². The highest BCUT2D eigenvalue weighted by atomic mass is 19.4. The number of benzene rings is 3. The van der Waals surface area contributed by atoms with E-state index in [1.54, 1.807) is 41.0 Å². The first-order valence-corrected chi connectivity index (χ1v) is 11.2. The van der Waals surface area contributed by atoms with Gasteiger partial charge in [0.1, 0.15) is 17.1 Å². The minimum atomic E-state index is -4.55. The number of aromatic nitrogens is 2. The van der Waals surface area contributed by atoms with Crippen LogP contribution in [0.2, 0.25) is 0 Å². The van der Waals surface area contributed by atoms with Crippen molar-refractivity contribution in [3.05, 3.63) is 94.2 Å². The summed E-state index contributed by atoms with van der Waals surface area (Å²) in [6.07, 6.45) is -3.96. The number of fused-ring (bicyclic) bond motifs is 1. The minimum Gasteiger partial charge on any atom is -0.494 e. The summed E-state index contributed by atoms with van der Waals surface area (Å²) in [6.45, 7) is 0.685. The lowest BCUT2D eigenvalue weighted by molar-refractivity contribution is -0.138. The molecule has 5 rings (SSSR count). The summed E-state index contributed by atoms with van der Waals surface area (Å²) in [4.78, 5) is 15.6. The van der Waals surface area contributed by atoms with E-state index < -0.39 is 17.4 Å². The number of hydrogen-bond donors (Lipinski definition) is 0. The van der Waals surface area contributed by atoms with E-state index in [0.29, 0.717) is 42.0 Å². The molecule has 5 nitrogen and oxygen atoms in total. The topological polar surface area (TPSA) is 39.4 Å². The molecule has 1 aromatic heterocycles. The van der Waals surface area contributed by atoms with Crippen molar-refractivity contribution < 1.29 is 22.3 Å². The van der Waals surface area contributed by atoms with Gasteiger partial charge in [-0.1, -0.05) is 36.4 Å². The van der Waals surface area contributed by atoms with Crippen molar-refractivity contribution >= 4 is 16.7 Å². The Bertz CT molecular complexity index is 1440. The van der Waals surface area contributed by atoms with Gasteiger partial charge < -0.3 is 9.64 Å². The average molecular weight is 485 g/mol. The van der Waals surface area contributed by atoms with Crippen molar-refractivity contribution in [2.24, 2.45) is 0 Å². The molecule has 9 heteroatoms. The highest BCUT2D eigenvalue weighted by Gasteiger charge is 2.34. The van der Waals surface area contributed by atoms with Gasteiger partial charge in [-0.05, 0) is 42.3 Å². The molecule has 0 saturated carbocycles. The molecular formula is C26H23F4N3O2. The third-order valence-electron chi connectivity index (χ3n) is 6.54. The molecule has 0 aliphatic carbocycles. The largest absolute Gasteiger partial charge is 0.494 e. The van der Waals surface area contributed by atoms with Crippen LogP contribution in [0, 0.1) is 5.82 Å². The van der Waals surface area contributed by atoms with Crippen LogP contribution >= 0.6 is 0 Å². The van der Waals surface area contributed by atoms with Crippen molar-refractivity contribution in [3.8, 4) is 5.75 Å². The Morgan fingerprint density at radius 2 is 1.74 bits per heavy atom. The molecule has 0 unspecified atom stereocenters. The zero-order chi connectivity index (χ0) is 24.7. The average Bonchev–Trinajstić information content (AvgIpc) is 3.42. The predicted octanol–water partition coefficient (Wildman–Crippen LogP) is 5.47. The zero-order valence-corrected chi connectivity index (χ0v) is 18.9. The first-order valence-electron chi connectivity index (χ1n) is 11.2. The predicted molar refractivity (Wildman–Crippen MR) is 126 cm³/mol. The maximum atomic E-state index is 14.4. The lowest BCUT2D eigenvalue weighted by atomic mass is 10.1. The van der Waals surface area contributed by atoms with E-state index in [9.17, 15) is 22.4 Å². The number of methoxy groups -OCH3 is 1. The van der Waals surface area contributed by atoms with Crippen LogP contribution in [0.1, 0.15) is 23.6 Å². The smallest absolute Gasteiger partial charge is 0.416 e. The molecule has 1 saturated heterocycles. The SMILES string of the molecule is COc1cccc2c1n(Cc1ccccc1C(F)(F)F)c(=O)n2[C@@H]1CCN(c2ccccc2F)C1. The van der Waals surface area contributed by atoms with Crippen LogP contribution in [-0.2, 0) is 12.7 Å². The van der Waals surface area contributed by atoms with E-state index in [4.69, 9.17) is 4.74 Å². The molecule has 0 amide bonds. The number of halogens is 4. The third kappa shape index (κ3) is 4.05. The number of rotatable bonds is 5. The van der Waals surface area contributed by atoms with Gasteiger partial charge in [0.15, 0.2) is 0 Å². The first kappa shape index (κ1) is 23.0. The van der Waals surface area contributed by atoms with E-state index in [2.05, 4.69) is 0 Å². The molecule has 0 bridgehead atoms. The molecule has 182 valence electrons. The van der Waals surface area contributed by atoms with Crippen LogP contribution in [-0.4, -0.2) is 29.3 Å². The van der Waals surface area contributed by atoms with E-state index in [0.717, 1.165) is 6.07 Å². The lowest BCUT2D eigenvalue weighted by Crippen LogP contribution is -2.30. The fraction of sp³-hybridized carbons (Fsp3) is 0.269. The molecule has 1 fully saturated rings. The number of imidazole rings is 1. The third-order valence-corrected chi connectivity index (χ3v) is 6.54. The Kier molecular flexibility index (Phi) is 5.78. The molecule has 3 aromatic carbocycles. The molecule has 1 atom stereocenters. The molecule has 0 radical (unpaired) electrons. The van der Waals surface area contributed by atoms with Gasteiger partial charge in [-0.15, -0.1) is 0 Å². The van der Waals surface area contributed by atoms with Crippen molar-refractivity contribution in [1.29, 1.82) is 0 Å². The van der Waals surface area contributed by atoms with Crippen LogP contribution in [0.4, 0.5) is 23.2 Å². The second-order valence-corrected chi connectivity index (χ2v) is 8.56. The van der Waals surface area contributed by atoms with Gasteiger partial charge in [-0.25, -0.2) is 9.18 Å². The lowest BCUT2D eigenvalue weighted by Gasteiger charge is -2.19. The zero-order valence-electron chi connectivity index (χ0n) is 18.9. The van der Waals surface area contributed by atoms with Crippen LogP contribution in [0.15, 0.2) is 71.5 Å². The highest BCUT2D eigenvalue weighted by Crippen LogP contribution is 2.35. The number of anilines is 1. The quantitative estimate of drug-likeness (QED) is 0.352. The molecule has 35 heavy (non-hydrogen) atoms. The number of alkyl halides is 3. The van der Waals surface area contributed by atoms with Crippen molar-refractivity contribution in [2.45, 2.75) is 25.2 Å². The summed E-state index contributed by atoms with van der Waals surface area (Å²) in [6, 6.07) is 16.6. The van der Waals surface area contributed by atoms with Crippen LogP contribution in [0.25, 0.3) is 11.0 Å². The second-order valence-electron chi connectivity index (χ2n) is 8.56. The summed E-state index contributed by atoms with van der Waals surface area (Å²) in [7, 11) is 1.46. The van der Waals surface area contributed by atoms with Crippen molar-refractivity contribution in [3.63, 3.8) is 0 Å². The van der Waals surface area contributed by atoms with Crippen LogP contribution in [0.5, 0.6) is 5.75 Å². The summed E-state index contributed by atoms with van der Waals surface area (Å²) in [5.74, 6) is 0.0557. The Morgan fingerprint density at radius 1 is 1.00 bits per heavy atom. The summed E-state index contributed by atoms with van der Waals surface area (Å²) in [5.41, 5.74) is 0.242. The van der Waals surface area contributed by atoms with Gasteiger partial charge in [0.05, 0.1) is 36.5 Å². The van der Waals surface area contributed by atoms with Crippen LogP contribution in [0.3, 0.4) is 0 Å². The molecule has 2 heterocycles. The summed E-state index contributed by atoms with van der Waals surface area (Å²) in [5, 5.41) is 0. The Morgan fingerprint density at radius 3 is 2.49 bits per heavy atom. The van der Waals surface area contributed by atoms with E-state index >= 15 is 0 Å². The van der Waals surface area contributed by atoms with Gasteiger partial charge in [-0.2, -0.15) is 13.2 Å². The van der Waals surface area contributed by atoms with Crippen molar-refractivity contribution in [1.82, 2.24) is 9.13 Å². The number of nitrogens with zero attached hydrogens (tertiary/aromatic N) is 3. The van der Waals surface area contributed by atoms with Crippen LogP contribution < -0.4 is 15.3 Å². The number of ether oxygens (including phenoxy) is 1. The van der Waals surface area contributed by atoms with E-state index in [1.165, 1.54) is 35.9 Å². The molecular weight excluding hydrogens is 462 g/mol.